The highest BCUT2D eigenvalue weighted by atomic mass is 19.4. The fourth-order valence-electron chi connectivity index (χ4n) is 2.99. The summed E-state index contributed by atoms with van der Waals surface area (Å²) in [5, 5.41) is 9.29. The van der Waals surface area contributed by atoms with Crippen LogP contribution in [0.1, 0.15) is 23.0 Å². The average Bonchev–Trinajstić information content (AvgIpc) is 2.73. The number of hydrogen-bond acceptors (Lipinski definition) is 8. The van der Waals surface area contributed by atoms with E-state index in [9.17, 15) is 23.2 Å². The lowest BCUT2D eigenvalue weighted by Gasteiger charge is -2.36. The molecule has 0 bridgehead atoms. The Hall–Kier alpha value is -3.55. The molecule has 0 amide bonds. The van der Waals surface area contributed by atoms with E-state index in [4.69, 9.17) is 4.74 Å². The largest absolute Gasteiger partial charge is 0.573 e. The van der Waals surface area contributed by atoms with E-state index in [2.05, 4.69) is 14.7 Å². The van der Waals surface area contributed by atoms with Crippen molar-refractivity contribution >= 4 is 17.6 Å². The fourth-order valence-corrected chi connectivity index (χ4v) is 2.99. The van der Waals surface area contributed by atoms with Crippen LogP contribution < -0.4 is 14.5 Å². The fraction of sp³-hybridized carbons (Fsp3) is 0.368. The molecule has 8 nitrogen and oxygen atoms in total. The first-order chi connectivity index (χ1) is 14.3. The molecule has 0 atom stereocenters. The van der Waals surface area contributed by atoms with Crippen molar-refractivity contribution in [2.24, 2.45) is 0 Å². The molecule has 30 heavy (non-hydrogen) atoms. The number of hydrogen-bond donors (Lipinski definition) is 0. The van der Waals surface area contributed by atoms with Crippen molar-refractivity contribution in [2.75, 3.05) is 42.6 Å². The molecule has 0 spiro atoms. The summed E-state index contributed by atoms with van der Waals surface area (Å²) in [6.45, 7) is 4.05. The molecule has 1 aliphatic heterocycles. The summed E-state index contributed by atoms with van der Waals surface area (Å²) in [7, 11) is 0. The molecule has 11 heteroatoms. The molecule has 2 aromatic rings. The van der Waals surface area contributed by atoms with Crippen LogP contribution in [0.2, 0.25) is 0 Å². The van der Waals surface area contributed by atoms with Crippen LogP contribution in [-0.4, -0.2) is 55.1 Å². The van der Waals surface area contributed by atoms with Gasteiger partial charge in [0, 0.05) is 38.1 Å². The van der Waals surface area contributed by atoms with Crippen molar-refractivity contribution in [1.82, 2.24) is 9.97 Å². The highest BCUT2D eigenvalue weighted by Gasteiger charge is 2.31. The molecule has 0 unspecified atom stereocenters. The maximum atomic E-state index is 12.3. The van der Waals surface area contributed by atoms with Gasteiger partial charge in [-0.3, -0.25) is 0 Å². The summed E-state index contributed by atoms with van der Waals surface area (Å²) < 4.78 is 45.6. The Morgan fingerprint density at radius 2 is 1.80 bits per heavy atom. The first-order valence-electron chi connectivity index (χ1n) is 9.10. The van der Waals surface area contributed by atoms with Gasteiger partial charge in [-0.15, -0.1) is 13.2 Å². The second kappa shape index (κ2) is 8.86. The van der Waals surface area contributed by atoms with E-state index in [-0.39, 0.29) is 23.6 Å². The number of ether oxygens (including phenoxy) is 2. The first kappa shape index (κ1) is 21.2. The summed E-state index contributed by atoms with van der Waals surface area (Å²) in [6.07, 6.45) is -3.44. The zero-order valence-corrected chi connectivity index (χ0v) is 16.0. The van der Waals surface area contributed by atoms with Crippen LogP contribution in [0.25, 0.3) is 0 Å². The zero-order valence-electron chi connectivity index (χ0n) is 16.0. The SMILES string of the molecule is CCOC(=O)c1cnc(N2CCN(c3ccc(OC(F)(F)F)cc3)CC2)nc1C#N. The van der Waals surface area contributed by atoms with Crippen LogP contribution in [0.5, 0.6) is 5.75 Å². The minimum Gasteiger partial charge on any atom is -0.462 e. The minimum absolute atomic E-state index is 0.0166. The first-order valence-corrected chi connectivity index (χ1v) is 9.10. The molecule has 1 saturated heterocycles. The highest BCUT2D eigenvalue weighted by molar-refractivity contribution is 5.91. The number of carbonyl (C=O) groups excluding carboxylic acids is 1. The Morgan fingerprint density at radius 3 is 2.37 bits per heavy atom. The summed E-state index contributed by atoms with van der Waals surface area (Å²) in [4.78, 5) is 24.1. The second-order valence-electron chi connectivity index (χ2n) is 6.28. The van der Waals surface area contributed by atoms with Gasteiger partial charge in [-0.05, 0) is 31.2 Å². The maximum Gasteiger partial charge on any atom is 0.573 e. The number of alkyl halides is 3. The molecule has 0 radical (unpaired) electrons. The number of carbonyl (C=O) groups is 1. The van der Waals surface area contributed by atoms with Gasteiger partial charge in [0.1, 0.15) is 17.4 Å². The number of benzene rings is 1. The number of esters is 1. The second-order valence-corrected chi connectivity index (χ2v) is 6.28. The predicted octanol–water partition coefficient (Wildman–Crippen LogP) is 2.75. The molecule has 0 N–H and O–H groups in total. The average molecular weight is 421 g/mol. The van der Waals surface area contributed by atoms with Crippen molar-refractivity contribution in [3.63, 3.8) is 0 Å². The Kier molecular flexibility index (Phi) is 6.25. The number of aromatic nitrogens is 2. The predicted molar refractivity (Wildman–Crippen MR) is 100 cm³/mol. The third-order valence-corrected chi connectivity index (χ3v) is 4.38. The summed E-state index contributed by atoms with van der Waals surface area (Å²) in [5.74, 6) is -0.597. The van der Waals surface area contributed by atoms with Crippen molar-refractivity contribution in [2.45, 2.75) is 13.3 Å². The molecule has 3 rings (SSSR count). The number of halogens is 3. The van der Waals surface area contributed by atoms with Gasteiger partial charge in [0.05, 0.1) is 6.61 Å². The number of nitrogens with zero attached hydrogens (tertiary/aromatic N) is 5. The van der Waals surface area contributed by atoms with Crippen LogP contribution >= 0.6 is 0 Å². The van der Waals surface area contributed by atoms with Crippen molar-refractivity contribution in [1.29, 1.82) is 5.26 Å². The van der Waals surface area contributed by atoms with Gasteiger partial charge in [0.2, 0.25) is 5.95 Å². The quantitative estimate of drug-likeness (QED) is 0.681. The van der Waals surface area contributed by atoms with E-state index in [0.29, 0.717) is 32.1 Å². The summed E-state index contributed by atoms with van der Waals surface area (Å²) in [5.41, 5.74) is 0.726. The number of rotatable bonds is 5. The van der Waals surface area contributed by atoms with Crippen LogP contribution in [0.4, 0.5) is 24.8 Å². The number of piperazine rings is 1. The third-order valence-electron chi connectivity index (χ3n) is 4.38. The molecular formula is C19H18F3N5O3. The van der Waals surface area contributed by atoms with Gasteiger partial charge in [-0.25, -0.2) is 14.8 Å². The Balaban J connectivity index is 1.64. The molecule has 1 aromatic carbocycles. The van der Waals surface area contributed by atoms with E-state index >= 15 is 0 Å². The van der Waals surface area contributed by atoms with Crippen LogP contribution in [-0.2, 0) is 4.74 Å². The summed E-state index contributed by atoms with van der Waals surface area (Å²) >= 11 is 0. The number of nitriles is 1. The molecule has 2 heterocycles. The Bertz CT molecular complexity index is 936. The van der Waals surface area contributed by atoms with Gasteiger partial charge in [-0.2, -0.15) is 5.26 Å². The molecule has 0 aliphatic carbocycles. The van der Waals surface area contributed by atoms with Crippen molar-refractivity contribution in [3.05, 3.63) is 41.7 Å². The van der Waals surface area contributed by atoms with Crippen LogP contribution in [0.15, 0.2) is 30.5 Å². The van der Waals surface area contributed by atoms with Crippen molar-refractivity contribution in [3.8, 4) is 11.8 Å². The molecule has 0 saturated carbocycles. The third kappa shape index (κ3) is 5.08. The molecule has 1 aromatic heterocycles. The van der Waals surface area contributed by atoms with Gasteiger partial charge in [0.25, 0.3) is 0 Å². The Labute approximate surface area is 170 Å². The van der Waals surface area contributed by atoms with E-state index in [1.807, 2.05) is 15.9 Å². The molecule has 1 aliphatic rings. The van der Waals surface area contributed by atoms with Gasteiger partial charge in [-0.1, -0.05) is 0 Å². The topological polar surface area (TPSA) is 91.6 Å². The highest BCUT2D eigenvalue weighted by Crippen LogP contribution is 2.26. The van der Waals surface area contributed by atoms with Crippen LogP contribution in [0, 0.1) is 11.3 Å². The smallest absolute Gasteiger partial charge is 0.462 e. The van der Waals surface area contributed by atoms with E-state index in [1.54, 1.807) is 19.1 Å². The molecule has 158 valence electrons. The van der Waals surface area contributed by atoms with E-state index < -0.39 is 12.3 Å². The minimum atomic E-state index is -4.72. The lowest BCUT2D eigenvalue weighted by atomic mass is 10.2. The number of anilines is 2. The standard InChI is InChI=1S/C19H18F3N5O3/c1-2-29-17(28)15-12-24-18(25-16(15)11-23)27-9-7-26(8-10-27)13-3-5-14(6-4-13)30-19(20,21)22/h3-6,12H,2,7-10H2,1H3. The van der Waals surface area contributed by atoms with Crippen molar-refractivity contribution < 1.29 is 27.4 Å². The zero-order chi connectivity index (χ0) is 21.7. The van der Waals surface area contributed by atoms with Crippen LogP contribution in [0.3, 0.4) is 0 Å². The van der Waals surface area contributed by atoms with Gasteiger partial charge >= 0.3 is 12.3 Å². The van der Waals surface area contributed by atoms with Gasteiger partial charge in [0.15, 0.2) is 5.69 Å². The van der Waals surface area contributed by atoms with E-state index in [1.165, 1.54) is 18.3 Å². The Morgan fingerprint density at radius 1 is 1.17 bits per heavy atom. The summed E-state index contributed by atoms with van der Waals surface area (Å²) in [6, 6.07) is 7.56. The van der Waals surface area contributed by atoms with E-state index in [0.717, 1.165) is 5.69 Å². The lowest BCUT2D eigenvalue weighted by molar-refractivity contribution is -0.274. The lowest BCUT2D eigenvalue weighted by Crippen LogP contribution is -2.47. The van der Waals surface area contributed by atoms with Gasteiger partial charge < -0.3 is 19.3 Å². The maximum absolute atomic E-state index is 12.3. The molecular weight excluding hydrogens is 403 g/mol. The normalized spacial score (nSPS) is 14.2. The monoisotopic (exact) mass is 421 g/mol. The molecule has 1 fully saturated rings.